The molecule has 138 valence electrons. The average molecular weight is 365 g/mol. The second-order valence-corrected chi connectivity index (χ2v) is 7.59. The maximum absolute atomic E-state index is 9.30. The van der Waals surface area contributed by atoms with Gasteiger partial charge in [-0.2, -0.15) is 5.26 Å². The van der Waals surface area contributed by atoms with Crippen molar-refractivity contribution in [2.45, 2.75) is 26.2 Å². The molecule has 1 aliphatic rings. The summed E-state index contributed by atoms with van der Waals surface area (Å²) in [5.74, 6) is 1.53. The molecule has 3 nitrogen and oxygen atoms in total. The van der Waals surface area contributed by atoms with Crippen LogP contribution in [0, 0.1) is 23.2 Å². The molecule has 0 amide bonds. The zero-order valence-electron chi connectivity index (χ0n) is 16.2. The molecule has 0 radical (unpaired) electrons. The van der Waals surface area contributed by atoms with E-state index in [0.717, 1.165) is 23.2 Å². The van der Waals surface area contributed by atoms with Crippen molar-refractivity contribution in [3.8, 4) is 17.2 Å². The van der Waals surface area contributed by atoms with Gasteiger partial charge in [0.2, 0.25) is 0 Å². The largest absolute Gasteiger partial charge is 0.261 e. The molecule has 1 aromatic carbocycles. The molecule has 0 aliphatic heterocycles. The fourth-order valence-electron chi connectivity index (χ4n) is 4.03. The van der Waals surface area contributed by atoms with E-state index in [9.17, 15) is 5.26 Å². The summed E-state index contributed by atoms with van der Waals surface area (Å²) in [4.78, 5) is 9.20. The summed E-state index contributed by atoms with van der Waals surface area (Å²) in [6, 6.07) is 18.1. The molecule has 0 unspecified atom stereocenters. The zero-order chi connectivity index (χ0) is 19.5. The van der Waals surface area contributed by atoms with Crippen molar-refractivity contribution in [1.29, 1.82) is 5.26 Å². The highest BCUT2D eigenvalue weighted by Gasteiger charge is 2.30. The van der Waals surface area contributed by atoms with Crippen LogP contribution < -0.4 is 0 Å². The average Bonchev–Trinajstić information content (AvgIpc) is 2.74. The first kappa shape index (κ1) is 18.1. The third-order valence-corrected chi connectivity index (χ3v) is 5.88. The monoisotopic (exact) mass is 365 g/mol. The normalized spacial score (nSPS) is 21.2. The van der Waals surface area contributed by atoms with Gasteiger partial charge in [-0.15, -0.1) is 0 Å². The van der Waals surface area contributed by atoms with Crippen LogP contribution in [0.25, 0.3) is 17.2 Å². The van der Waals surface area contributed by atoms with Gasteiger partial charge in [-0.1, -0.05) is 50.3 Å². The Bertz CT molecular complexity index is 1040. The van der Waals surface area contributed by atoms with E-state index in [1.165, 1.54) is 11.3 Å². The molecular weight excluding hydrogens is 342 g/mol. The molecule has 3 atom stereocenters. The summed E-state index contributed by atoms with van der Waals surface area (Å²) in [6.07, 6.45) is 9.16. The second-order valence-electron chi connectivity index (χ2n) is 7.59. The van der Waals surface area contributed by atoms with Gasteiger partial charge in [0.1, 0.15) is 0 Å². The van der Waals surface area contributed by atoms with Crippen LogP contribution >= 0.6 is 0 Å². The Balaban J connectivity index is 1.60. The molecule has 0 saturated carbocycles. The van der Waals surface area contributed by atoms with Gasteiger partial charge in [0.15, 0.2) is 0 Å². The zero-order valence-corrected chi connectivity index (χ0v) is 16.2. The van der Waals surface area contributed by atoms with Crippen molar-refractivity contribution >= 4 is 6.08 Å². The first-order chi connectivity index (χ1) is 13.7. The van der Waals surface area contributed by atoms with Gasteiger partial charge >= 0.3 is 0 Å². The highest BCUT2D eigenvalue weighted by atomic mass is 14.7. The van der Waals surface area contributed by atoms with Crippen molar-refractivity contribution in [1.82, 2.24) is 9.97 Å². The van der Waals surface area contributed by atoms with E-state index in [1.807, 2.05) is 54.9 Å². The molecule has 0 saturated heterocycles. The minimum atomic E-state index is 0.355. The standard InChI is InChI=1S/C25H23N3/c1-17-14-25-24(8-5-13-27-25)22(18(17)2)12-11-21-10-9-20(16-28-21)23-7-4-3-6-19(23)15-26/h3-13,16-18,22H,14H2,1-2H3/b12-11+/t17-,18+,22-/m0/s1. The SMILES string of the molecule is C[C@H]1[C@H](/C=C/c2ccc(-c3ccccc3C#N)cn2)c2cccnc2C[C@@H]1C. The number of pyridine rings is 2. The van der Waals surface area contributed by atoms with E-state index in [-0.39, 0.29) is 0 Å². The fourth-order valence-corrected chi connectivity index (χ4v) is 4.03. The van der Waals surface area contributed by atoms with Gasteiger partial charge in [0, 0.05) is 35.1 Å². The number of benzene rings is 1. The van der Waals surface area contributed by atoms with Crippen molar-refractivity contribution in [3.05, 3.63) is 89.5 Å². The number of hydrogen-bond acceptors (Lipinski definition) is 3. The number of aromatic nitrogens is 2. The van der Waals surface area contributed by atoms with E-state index >= 15 is 0 Å². The van der Waals surface area contributed by atoms with Crippen LogP contribution in [-0.4, -0.2) is 9.97 Å². The molecule has 3 aromatic rings. The molecule has 1 aliphatic carbocycles. The summed E-state index contributed by atoms with van der Waals surface area (Å²) in [6.45, 7) is 4.63. The molecule has 2 heterocycles. The van der Waals surface area contributed by atoms with E-state index in [4.69, 9.17) is 0 Å². The molecule has 0 spiro atoms. The third-order valence-electron chi connectivity index (χ3n) is 5.88. The number of nitrogens with zero attached hydrogens (tertiary/aromatic N) is 3. The van der Waals surface area contributed by atoms with Gasteiger partial charge in [-0.3, -0.25) is 9.97 Å². The molecule has 2 aromatic heterocycles. The van der Waals surface area contributed by atoms with Crippen molar-refractivity contribution in [3.63, 3.8) is 0 Å². The van der Waals surface area contributed by atoms with Crippen LogP contribution in [0.3, 0.4) is 0 Å². The number of rotatable bonds is 3. The second kappa shape index (κ2) is 7.78. The van der Waals surface area contributed by atoms with Crippen molar-refractivity contribution in [2.75, 3.05) is 0 Å². The summed E-state index contributed by atoms with van der Waals surface area (Å²) < 4.78 is 0. The third kappa shape index (κ3) is 3.46. The summed E-state index contributed by atoms with van der Waals surface area (Å²) >= 11 is 0. The van der Waals surface area contributed by atoms with E-state index in [2.05, 4.69) is 48.1 Å². The number of nitriles is 1. The number of hydrogen-bond donors (Lipinski definition) is 0. The Morgan fingerprint density at radius 1 is 1.04 bits per heavy atom. The van der Waals surface area contributed by atoms with Crippen LogP contribution in [0.15, 0.2) is 67.0 Å². The van der Waals surface area contributed by atoms with E-state index < -0.39 is 0 Å². The lowest BCUT2D eigenvalue weighted by Crippen LogP contribution is -2.25. The topological polar surface area (TPSA) is 49.6 Å². The molecular formula is C25H23N3. The lowest BCUT2D eigenvalue weighted by Gasteiger charge is -2.33. The van der Waals surface area contributed by atoms with Crippen LogP contribution in [0.4, 0.5) is 0 Å². The summed E-state index contributed by atoms with van der Waals surface area (Å²) in [7, 11) is 0. The molecule has 3 heteroatoms. The smallest absolute Gasteiger partial charge is 0.0998 e. The van der Waals surface area contributed by atoms with Crippen LogP contribution in [0.5, 0.6) is 0 Å². The predicted molar refractivity (Wildman–Crippen MR) is 112 cm³/mol. The van der Waals surface area contributed by atoms with Crippen molar-refractivity contribution in [2.24, 2.45) is 11.8 Å². The Morgan fingerprint density at radius 3 is 2.68 bits per heavy atom. The quantitative estimate of drug-likeness (QED) is 0.603. The first-order valence-electron chi connectivity index (χ1n) is 9.75. The van der Waals surface area contributed by atoms with Crippen LogP contribution in [0.2, 0.25) is 0 Å². The minimum absolute atomic E-state index is 0.355. The number of fused-ring (bicyclic) bond motifs is 1. The van der Waals surface area contributed by atoms with Gasteiger partial charge in [0.05, 0.1) is 17.3 Å². The highest BCUT2D eigenvalue weighted by molar-refractivity contribution is 5.70. The van der Waals surface area contributed by atoms with E-state index in [1.54, 1.807) is 0 Å². The molecule has 0 bridgehead atoms. The summed E-state index contributed by atoms with van der Waals surface area (Å²) in [5.41, 5.74) is 6.03. The highest BCUT2D eigenvalue weighted by Crippen LogP contribution is 2.39. The Labute approximate surface area is 166 Å². The van der Waals surface area contributed by atoms with Gasteiger partial charge in [-0.05, 0) is 48.1 Å². The van der Waals surface area contributed by atoms with E-state index in [0.29, 0.717) is 23.3 Å². The molecule has 28 heavy (non-hydrogen) atoms. The van der Waals surface area contributed by atoms with Crippen LogP contribution in [-0.2, 0) is 6.42 Å². The fraction of sp³-hybridized carbons (Fsp3) is 0.240. The Hall–Kier alpha value is -3.25. The minimum Gasteiger partial charge on any atom is -0.261 e. The lowest BCUT2D eigenvalue weighted by atomic mass is 9.72. The van der Waals surface area contributed by atoms with Gasteiger partial charge < -0.3 is 0 Å². The number of allylic oxidation sites excluding steroid dienone is 1. The van der Waals surface area contributed by atoms with Crippen LogP contribution in [0.1, 0.15) is 42.3 Å². The van der Waals surface area contributed by atoms with Gasteiger partial charge in [0.25, 0.3) is 0 Å². The lowest BCUT2D eigenvalue weighted by molar-refractivity contribution is 0.327. The summed E-state index contributed by atoms with van der Waals surface area (Å²) in [5, 5.41) is 9.30. The predicted octanol–water partition coefficient (Wildman–Crippen LogP) is 5.64. The molecule has 0 fully saturated rings. The first-order valence-corrected chi connectivity index (χ1v) is 9.75. The maximum atomic E-state index is 9.30. The van der Waals surface area contributed by atoms with Crippen molar-refractivity contribution < 1.29 is 0 Å². The Morgan fingerprint density at radius 2 is 1.89 bits per heavy atom. The molecule has 4 rings (SSSR count). The van der Waals surface area contributed by atoms with Gasteiger partial charge in [-0.25, -0.2) is 0 Å². The Kier molecular flexibility index (Phi) is 5.04. The maximum Gasteiger partial charge on any atom is 0.0998 e. The molecule has 0 N–H and O–H groups in total.